The van der Waals surface area contributed by atoms with E-state index in [1.807, 2.05) is 51.1 Å². The van der Waals surface area contributed by atoms with Crippen molar-refractivity contribution in [1.29, 1.82) is 0 Å². The number of benzene rings is 1. The van der Waals surface area contributed by atoms with E-state index in [2.05, 4.69) is 9.71 Å². The molecular weight excluding hydrogens is 388 g/mol. The molecule has 1 aliphatic carbocycles. The summed E-state index contributed by atoms with van der Waals surface area (Å²) in [4.78, 5) is 17.4. The van der Waals surface area contributed by atoms with Crippen LogP contribution in [0, 0.1) is 0 Å². The molecule has 0 amide bonds. The molecule has 0 unspecified atom stereocenters. The Morgan fingerprint density at radius 3 is 2.66 bits per heavy atom. The van der Waals surface area contributed by atoms with Crippen LogP contribution in [-0.4, -0.2) is 26.5 Å². The topological polar surface area (TPSA) is 77.5 Å². The Morgan fingerprint density at radius 1 is 1.28 bits per heavy atom. The van der Waals surface area contributed by atoms with Crippen molar-refractivity contribution in [3.63, 3.8) is 0 Å². The molecule has 6 nitrogen and oxygen atoms in total. The Labute approximate surface area is 174 Å². The van der Waals surface area contributed by atoms with E-state index in [-0.39, 0.29) is 12.6 Å². The molecule has 1 aromatic carbocycles. The van der Waals surface area contributed by atoms with Crippen LogP contribution in [0.15, 0.2) is 36.5 Å². The van der Waals surface area contributed by atoms with E-state index in [0.717, 1.165) is 23.2 Å². The average Bonchev–Trinajstić information content (AvgIpc) is 3.09. The van der Waals surface area contributed by atoms with Crippen molar-refractivity contribution in [3.05, 3.63) is 58.9 Å². The van der Waals surface area contributed by atoms with Crippen LogP contribution in [0.5, 0.6) is 5.75 Å². The van der Waals surface area contributed by atoms with Gasteiger partial charge in [0, 0.05) is 17.3 Å². The zero-order chi connectivity index (χ0) is 21.0. The molecule has 2 atom stereocenters. The van der Waals surface area contributed by atoms with Gasteiger partial charge in [-0.15, -0.1) is 0 Å². The summed E-state index contributed by atoms with van der Waals surface area (Å²) < 4.78 is 26.7. The minimum absolute atomic E-state index is 0.239. The van der Waals surface area contributed by atoms with E-state index < -0.39 is 21.7 Å². The van der Waals surface area contributed by atoms with E-state index in [1.54, 1.807) is 13.1 Å². The number of hydrogen-bond acceptors (Lipinski definition) is 5. The van der Waals surface area contributed by atoms with Crippen molar-refractivity contribution in [2.45, 2.75) is 57.9 Å². The monoisotopic (exact) mass is 416 g/mol. The number of nitrogens with zero attached hydrogens (tertiary/aromatic N) is 1. The van der Waals surface area contributed by atoms with Crippen molar-refractivity contribution >= 4 is 17.0 Å². The number of hydrogen-bond donors (Lipinski definition) is 1. The minimum Gasteiger partial charge on any atom is -0.486 e. The molecule has 2 aromatic rings. The van der Waals surface area contributed by atoms with E-state index >= 15 is 0 Å². The largest absolute Gasteiger partial charge is 0.486 e. The Balaban J connectivity index is 1.95. The first kappa shape index (κ1) is 21.5. The lowest BCUT2D eigenvalue weighted by molar-refractivity contribution is 0.0519. The lowest BCUT2D eigenvalue weighted by Gasteiger charge is -2.23. The van der Waals surface area contributed by atoms with E-state index in [9.17, 15) is 9.00 Å². The van der Waals surface area contributed by atoms with E-state index in [0.29, 0.717) is 24.3 Å². The van der Waals surface area contributed by atoms with Crippen LogP contribution in [0.3, 0.4) is 0 Å². The molecule has 7 heteroatoms. The maximum Gasteiger partial charge on any atom is 0.342 e. The number of nitrogens with one attached hydrogen (secondary N) is 1. The van der Waals surface area contributed by atoms with Gasteiger partial charge < -0.3 is 9.47 Å². The van der Waals surface area contributed by atoms with Crippen LogP contribution in [0.4, 0.5) is 0 Å². The van der Waals surface area contributed by atoms with Gasteiger partial charge in [0.25, 0.3) is 0 Å². The number of carbonyl (C=O) groups is 1. The van der Waals surface area contributed by atoms with Gasteiger partial charge in [0.2, 0.25) is 0 Å². The molecule has 29 heavy (non-hydrogen) atoms. The number of aryl methyl sites for hydroxylation is 1. The zero-order valence-electron chi connectivity index (χ0n) is 17.4. The van der Waals surface area contributed by atoms with Crippen LogP contribution in [0.2, 0.25) is 0 Å². The summed E-state index contributed by atoms with van der Waals surface area (Å²) in [6.45, 7) is 8.09. The second-order valence-electron chi connectivity index (χ2n) is 7.94. The van der Waals surface area contributed by atoms with Gasteiger partial charge >= 0.3 is 5.97 Å². The van der Waals surface area contributed by atoms with Crippen molar-refractivity contribution in [1.82, 2.24) is 9.71 Å². The number of aromatic nitrogens is 1. The van der Waals surface area contributed by atoms with Crippen molar-refractivity contribution in [2.24, 2.45) is 0 Å². The van der Waals surface area contributed by atoms with Gasteiger partial charge in [-0.25, -0.2) is 13.7 Å². The summed E-state index contributed by atoms with van der Waals surface area (Å²) in [6, 6.07) is 9.50. The highest BCUT2D eigenvalue weighted by Gasteiger charge is 2.35. The van der Waals surface area contributed by atoms with Crippen LogP contribution >= 0.6 is 0 Å². The number of rotatable bonds is 7. The highest BCUT2D eigenvalue weighted by atomic mass is 32.2. The SMILES string of the molecule is CCOC(=O)c1c(OCc2ccccc2)cnc2c1[C@H](N[S@@](=O)C(C)(C)C)CC2. The van der Waals surface area contributed by atoms with Gasteiger partial charge in [0.1, 0.15) is 12.2 Å². The lowest BCUT2D eigenvalue weighted by Crippen LogP contribution is -2.35. The zero-order valence-corrected chi connectivity index (χ0v) is 18.2. The molecule has 0 radical (unpaired) electrons. The standard InChI is InChI=1S/C22H28N2O4S/c1-5-27-21(25)20-18(28-14-15-9-7-6-8-10-15)13-23-16-11-12-17(19(16)20)24-29(26)22(2,3)4/h6-10,13,17,24H,5,11-12,14H2,1-4H3/t17-,29+/m1/s1. The van der Waals surface area contributed by atoms with Crippen LogP contribution in [0.1, 0.15) is 67.3 Å². The fourth-order valence-electron chi connectivity index (χ4n) is 3.23. The molecular formula is C22H28N2O4S. The smallest absolute Gasteiger partial charge is 0.342 e. The molecule has 0 aliphatic heterocycles. The highest BCUT2D eigenvalue weighted by Crippen LogP contribution is 2.38. The first-order chi connectivity index (χ1) is 13.8. The summed E-state index contributed by atoms with van der Waals surface area (Å²) in [7, 11) is -1.27. The molecule has 0 saturated heterocycles. The van der Waals surface area contributed by atoms with Gasteiger partial charge in [-0.05, 0) is 46.1 Å². The van der Waals surface area contributed by atoms with Gasteiger partial charge in [-0.2, -0.15) is 0 Å². The normalized spacial score (nSPS) is 16.9. The Kier molecular flexibility index (Phi) is 6.70. The molecule has 0 bridgehead atoms. The Bertz CT molecular complexity index is 894. The fourth-order valence-corrected chi connectivity index (χ4v) is 4.08. The number of carbonyl (C=O) groups excluding carboxylic acids is 1. The Hall–Kier alpha value is -2.25. The fraction of sp³-hybridized carbons (Fsp3) is 0.455. The third-order valence-corrected chi connectivity index (χ3v) is 6.32. The quantitative estimate of drug-likeness (QED) is 0.693. The molecule has 0 spiro atoms. The van der Waals surface area contributed by atoms with Gasteiger partial charge in [0.15, 0.2) is 5.75 Å². The molecule has 0 fully saturated rings. The summed E-state index contributed by atoms with van der Waals surface area (Å²) in [6.07, 6.45) is 3.02. The number of esters is 1. The predicted octanol–water partition coefficient (Wildman–Crippen LogP) is 3.88. The molecule has 0 saturated carbocycles. The molecule has 1 N–H and O–H groups in total. The molecule has 156 valence electrons. The summed E-state index contributed by atoms with van der Waals surface area (Å²) in [5.41, 5.74) is 2.94. The number of fused-ring (bicyclic) bond motifs is 1. The third kappa shape index (κ3) is 5.03. The summed E-state index contributed by atoms with van der Waals surface area (Å²) in [5.74, 6) is -0.0502. The maximum atomic E-state index is 12.8. The second kappa shape index (κ2) is 9.05. The first-order valence-electron chi connectivity index (χ1n) is 9.85. The van der Waals surface area contributed by atoms with Gasteiger partial charge in [0.05, 0.1) is 28.5 Å². The number of pyridine rings is 1. The molecule has 3 rings (SSSR count). The van der Waals surface area contributed by atoms with Crippen LogP contribution in [-0.2, 0) is 28.8 Å². The summed E-state index contributed by atoms with van der Waals surface area (Å²) >= 11 is 0. The summed E-state index contributed by atoms with van der Waals surface area (Å²) in [5, 5.41) is 0. The lowest BCUT2D eigenvalue weighted by atomic mass is 10.0. The van der Waals surface area contributed by atoms with Crippen LogP contribution < -0.4 is 9.46 Å². The predicted molar refractivity (Wildman–Crippen MR) is 113 cm³/mol. The van der Waals surface area contributed by atoms with E-state index in [1.165, 1.54) is 0 Å². The Morgan fingerprint density at radius 2 is 2.00 bits per heavy atom. The number of ether oxygens (including phenoxy) is 2. The molecule has 1 aliphatic rings. The average molecular weight is 417 g/mol. The third-order valence-electron chi connectivity index (χ3n) is 4.70. The van der Waals surface area contributed by atoms with Crippen LogP contribution in [0.25, 0.3) is 0 Å². The van der Waals surface area contributed by atoms with Crippen molar-refractivity contribution in [3.8, 4) is 5.75 Å². The second-order valence-corrected chi connectivity index (χ2v) is 9.94. The maximum absolute atomic E-state index is 12.8. The molecule has 1 heterocycles. The van der Waals surface area contributed by atoms with Crippen molar-refractivity contribution in [2.75, 3.05) is 6.61 Å². The van der Waals surface area contributed by atoms with Gasteiger partial charge in [-0.1, -0.05) is 30.3 Å². The minimum atomic E-state index is -1.27. The van der Waals surface area contributed by atoms with Crippen molar-refractivity contribution < 1.29 is 18.5 Å². The van der Waals surface area contributed by atoms with Gasteiger partial charge in [-0.3, -0.25) is 4.98 Å². The van der Waals surface area contributed by atoms with E-state index in [4.69, 9.17) is 9.47 Å². The first-order valence-corrected chi connectivity index (χ1v) is 11.0. The molecule has 1 aromatic heterocycles. The highest BCUT2D eigenvalue weighted by molar-refractivity contribution is 7.84.